The van der Waals surface area contributed by atoms with E-state index in [0.717, 1.165) is 42.1 Å². The van der Waals surface area contributed by atoms with Crippen molar-refractivity contribution < 1.29 is 14.3 Å². The maximum Gasteiger partial charge on any atom is 0.234 e. The Morgan fingerprint density at radius 1 is 1.17 bits per heavy atom. The van der Waals surface area contributed by atoms with Crippen LogP contribution in [0.4, 0.5) is 0 Å². The third-order valence-corrected chi connectivity index (χ3v) is 5.25. The molecule has 0 aliphatic carbocycles. The fourth-order valence-electron chi connectivity index (χ4n) is 3.70. The quantitative estimate of drug-likeness (QED) is 0.681. The van der Waals surface area contributed by atoms with E-state index in [2.05, 4.69) is 21.6 Å². The van der Waals surface area contributed by atoms with E-state index in [0.29, 0.717) is 26.3 Å². The van der Waals surface area contributed by atoms with Gasteiger partial charge in [-0.3, -0.25) is 9.69 Å². The van der Waals surface area contributed by atoms with Crippen LogP contribution >= 0.6 is 0 Å². The maximum absolute atomic E-state index is 12.7. The molecular weight excluding hydrogens is 366 g/mol. The molecular formula is C23H31N3O3. The molecule has 1 saturated heterocycles. The Balaban J connectivity index is 1.62. The summed E-state index contributed by atoms with van der Waals surface area (Å²) in [6, 6.07) is 16.2. The van der Waals surface area contributed by atoms with Gasteiger partial charge >= 0.3 is 0 Å². The number of carbonyl (C=O) groups excluding carboxylic acids is 1. The van der Waals surface area contributed by atoms with E-state index in [1.54, 1.807) is 7.11 Å². The molecule has 0 spiro atoms. The lowest BCUT2D eigenvalue weighted by atomic mass is 10.0. The second-order valence-electron chi connectivity index (χ2n) is 7.11. The van der Waals surface area contributed by atoms with Crippen LogP contribution in [-0.4, -0.2) is 50.7 Å². The summed E-state index contributed by atoms with van der Waals surface area (Å²) in [5.74, 6) is 0.884. The van der Waals surface area contributed by atoms with Crippen molar-refractivity contribution in [3.05, 3.63) is 65.2 Å². The van der Waals surface area contributed by atoms with Crippen molar-refractivity contribution in [2.75, 3.05) is 39.9 Å². The Kier molecular flexibility index (Phi) is 8.04. The number of hydrogen-bond donors (Lipinski definition) is 2. The molecule has 1 fully saturated rings. The van der Waals surface area contributed by atoms with E-state index in [9.17, 15) is 4.79 Å². The fourth-order valence-corrected chi connectivity index (χ4v) is 3.70. The number of amides is 1. The molecule has 1 unspecified atom stereocenters. The van der Waals surface area contributed by atoms with Gasteiger partial charge in [0.2, 0.25) is 5.91 Å². The van der Waals surface area contributed by atoms with Crippen molar-refractivity contribution in [2.45, 2.75) is 26.1 Å². The highest BCUT2D eigenvalue weighted by atomic mass is 16.5. The molecule has 2 aromatic carbocycles. The Morgan fingerprint density at radius 3 is 2.72 bits per heavy atom. The Morgan fingerprint density at radius 2 is 1.93 bits per heavy atom. The lowest BCUT2D eigenvalue weighted by Crippen LogP contribution is -2.49. The minimum atomic E-state index is 0.0259. The number of piperazine rings is 1. The van der Waals surface area contributed by atoms with Gasteiger partial charge in [-0.1, -0.05) is 42.5 Å². The highest BCUT2D eigenvalue weighted by molar-refractivity contribution is 5.78. The topological polar surface area (TPSA) is 62.8 Å². The van der Waals surface area contributed by atoms with Crippen molar-refractivity contribution in [3.63, 3.8) is 0 Å². The van der Waals surface area contributed by atoms with E-state index in [4.69, 9.17) is 9.47 Å². The molecule has 6 nitrogen and oxygen atoms in total. The van der Waals surface area contributed by atoms with E-state index >= 15 is 0 Å². The highest BCUT2D eigenvalue weighted by Crippen LogP contribution is 2.29. The van der Waals surface area contributed by atoms with E-state index in [1.165, 1.54) is 0 Å². The smallest absolute Gasteiger partial charge is 0.234 e. The number of ether oxygens (including phenoxy) is 2. The first-order valence-corrected chi connectivity index (χ1v) is 10.2. The summed E-state index contributed by atoms with van der Waals surface area (Å²) in [4.78, 5) is 14.9. The van der Waals surface area contributed by atoms with Gasteiger partial charge in [0.05, 0.1) is 26.3 Å². The molecule has 1 aliphatic heterocycles. The summed E-state index contributed by atoms with van der Waals surface area (Å²) in [6.07, 6.45) is 0. The molecule has 3 rings (SSSR count). The fraction of sp³-hybridized carbons (Fsp3) is 0.435. The molecule has 2 N–H and O–H groups in total. The van der Waals surface area contributed by atoms with Crippen molar-refractivity contribution in [3.8, 4) is 5.75 Å². The van der Waals surface area contributed by atoms with Gasteiger partial charge in [-0.15, -0.1) is 0 Å². The zero-order valence-corrected chi connectivity index (χ0v) is 17.3. The predicted molar refractivity (Wildman–Crippen MR) is 114 cm³/mol. The number of rotatable bonds is 9. The van der Waals surface area contributed by atoms with Crippen molar-refractivity contribution in [2.24, 2.45) is 0 Å². The van der Waals surface area contributed by atoms with Crippen LogP contribution in [0.1, 0.15) is 29.7 Å². The Labute approximate surface area is 173 Å². The van der Waals surface area contributed by atoms with Gasteiger partial charge in [0.1, 0.15) is 5.75 Å². The van der Waals surface area contributed by atoms with Crippen molar-refractivity contribution in [1.29, 1.82) is 0 Å². The van der Waals surface area contributed by atoms with Crippen LogP contribution in [0, 0.1) is 0 Å². The molecule has 0 radical (unpaired) electrons. The van der Waals surface area contributed by atoms with Gasteiger partial charge in [-0.05, 0) is 24.1 Å². The number of nitrogens with one attached hydrogen (secondary N) is 2. The third-order valence-electron chi connectivity index (χ3n) is 5.25. The monoisotopic (exact) mass is 397 g/mol. The van der Waals surface area contributed by atoms with Crippen molar-refractivity contribution in [1.82, 2.24) is 15.5 Å². The number of benzene rings is 2. The number of para-hydroxylation sites is 1. The van der Waals surface area contributed by atoms with Gasteiger partial charge in [-0.25, -0.2) is 0 Å². The average Bonchev–Trinajstić information content (AvgIpc) is 2.77. The van der Waals surface area contributed by atoms with E-state index < -0.39 is 0 Å². The van der Waals surface area contributed by atoms with E-state index in [-0.39, 0.29) is 11.9 Å². The minimum Gasteiger partial charge on any atom is -0.496 e. The average molecular weight is 398 g/mol. The SMILES string of the molecule is CCOCc1ccccc1CNC(=O)CN1CCNCC1c1ccccc1OC. The largest absolute Gasteiger partial charge is 0.496 e. The zero-order chi connectivity index (χ0) is 20.5. The number of carbonyl (C=O) groups is 1. The number of nitrogens with zero attached hydrogens (tertiary/aromatic N) is 1. The van der Waals surface area contributed by atoms with Gasteiger partial charge in [-0.2, -0.15) is 0 Å². The third kappa shape index (κ3) is 5.79. The summed E-state index contributed by atoms with van der Waals surface area (Å²) < 4.78 is 11.1. The molecule has 2 aromatic rings. The van der Waals surface area contributed by atoms with Gasteiger partial charge in [0.25, 0.3) is 0 Å². The second kappa shape index (κ2) is 11.0. The summed E-state index contributed by atoms with van der Waals surface area (Å²) in [5, 5.41) is 6.51. The van der Waals surface area contributed by atoms with E-state index in [1.807, 2.05) is 49.4 Å². The molecule has 0 saturated carbocycles. The summed E-state index contributed by atoms with van der Waals surface area (Å²) >= 11 is 0. The van der Waals surface area contributed by atoms with Crippen molar-refractivity contribution >= 4 is 5.91 Å². The predicted octanol–water partition coefficient (Wildman–Crippen LogP) is 2.49. The highest BCUT2D eigenvalue weighted by Gasteiger charge is 2.27. The molecule has 1 atom stereocenters. The second-order valence-corrected chi connectivity index (χ2v) is 7.11. The zero-order valence-electron chi connectivity index (χ0n) is 17.3. The first-order chi connectivity index (χ1) is 14.2. The maximum atomic E-state index is 12.7. The molecule has 29 heavy (non-hydrogen) atoms. The van der Waals surface area contributed by atoms with Crippen LogP contribution in [0.3, 0.4) is 0 Å². The first-order valence-electron chi connectivity index (χ1n) is 10.2. The lowest BCUT2D eigenvalue weighted by Gasteiger charge is -2.36. The summed E-state index contributed by atoms with van der Waals surface area (Å²) in [5.41, 5.74) is 3.32. The molecule has 1 aliphatic rings. The van der Waals surface area contributed by atoms with Crippen LogP contribution < -0.4 is 15.4 Å². The van der Waals surface area contributed by atoms with Crippen LogP contribution in [0.25, 0.3) is 0 Å². The van der Waals surface area contributed by atoms with Crippen LogP contribution in [0.2, 0.25) is 0 Å². The normalized spacial score (nSPS) is 17.1. The van der Waals surface area contributed by atoms with Crippen LogP contribution in [0.5, 0.6) is 5.75 Å². The standard InChI is InChI=1S/C23H31N3O3/c1-3-29-17-19-9-5-4-8-18(19)14-25-23(27)16-26-13-12-24-15-21(26)20-10-6-7-11-22(20)28-2/h4-11,21,24H,3,12-17H2,1-2H3,(H,25,27). The summed E-state index contributed by atoms with van der Waals surface area (Å²) in [7, 11) is 1.69. The molecule has 6 heteroatoms. The minimum absolute atomic E-state index is 0.0259. The lowest BCUT2D eigenvalue weighted by molar-refractivity contribution is -0.123. The van der Waals surface area contributed by atoms with Crippen LogP contribution in [-0.2, 0) is 22.7 Å². The van der Waals surface area contributed by atoms with Gasteiger partial charge in [0.15, 0.2) is 0 Å². The molecule has 1 amide bonds. The Bertz CT molecular complexity index is 796. The Hall–Kier alpha value is -2.41. The first kappa shape index (κ1) is 21.3. The van der Waals surface area contributed by atoms with Gasteiger partial charge in [0, 0.05) is 38.3 Å². The molecule has 0 bridgehead atoms. The van der Waals surface area contributed by atoms with Crippen LogP contribution in [0.15, 0.2) is 48.5 Å². The number of methoxy groups -OCH3 is 1. The molecule has 156 valence electrons. The van der Waals surface area contributed by atoms with Gasteiger partial charge < -0.3 is 20.1 Å². The molecule has 1 heterocycles. The summed E-state index contributed by atoms with van der Waals surface area (Å²) in [6.45, 7) is 6.57. The number of hydrogen-bond acceptors (Lipinski definition) is 5. The molecule has 0 aromatic heterocycles.